The Bertz CT molecular complexity index is 5080. The highest BCUT2D eigenvalue weighted by atomic mass is 32.2. The Morgan fingerprint density at radius 2 is 1.00 bits per heavy atom. The summed E-state index contributed by atoms with van der Waals surface area (Å²) in [5, 5.41) is 17.6. The van der Waals surface area contributed by atoms with E-state index >= 15 is 0 Å². The van der Waals surface area contributed by atoms with Gasteiger partial charge in [0.1, 0.15) is 56.2 Å². The quantitative estimate of drug-likeness (QED) is 0.0204. The van der Waals surface area contributed by atoms with Gasteiger partial charge in [0.15, 0.2) is 0 Å². The van der Waals surface area contributed by atoms with Crippen LogP contribution in [0.4, 0.5) is 17.6 Å². The molecule has 12 aromatic rings. The summed E-state index contributed by atoms with van der Waals surface area (Å²) < 4.78 is 106. The van der Waals surface area contributed by atoms with Crippen molar-refractivity contribution in [1.29, 1.82) is 5.26 Å². The van der Waals surface area contributed by atoms with Crippen LogP contribution in [0.5, 0.6) is 23.0 Å². The van der Waals surface area contributed by atoms with Gasteiger partial charge in [-0.1, -0.05) is 143 Å². The van der Waals surface area contributed by atoms with Crippen molar-refractivity contribution in [1.82, 2.24) is 24.2 Å². The molecule has 502 valence electrons. The van der Waals surface area contributed by atoms with Gasteiger partial charge in [-0.15, -0.1) is 22.7 Å². The number of nitrogens with one attached hydrogen (secondary N) is 1. The Balaban J connectivity index is 1.22. The number of amides is 1. The monoisotopic (exact) mass is 1400 g/mol. The zero-order valence-electron chi connectivity index (χ0n) is 54.2. The summed E-state index contributed by atoms with van der Waals surface area (Å²) in [4.78, 5) is 40.1. The number of Topliss-reactive ketones (excluding diaryl/α,β-unsaturated/α-hetero) is 1. The SMILES string of the molecule is [C-]#[N+]/C(c1nc2cc(OC)ccc2s1)=c1\c2c(-c3ccc(OCCCCC(=O)NCC(F)F)cc3)n(B(c3ccccc3)c3ccccc3)/c(=C(/C#N)c3nc4cc(OC)ccc4s3)c2c(-c2ccc(OCCCCC(=O)CS(=O)(=O)C(F)F)cc2)n1B(c1ccccc1)c1ccccc1. The first kappa shape index (κ1) is 69.1. The number of sulfone groups is 1. The van der Waals surface area contributed by atoms with Gasteiger partial charge in [0.2, 0.25) is 21.4 Å². The van der Waals surface area contributed by atoms with Crippen molar-refractivity contribution in [2.24, 2.45) is 0 Å². The van der Waals surface area contributed by atoms with Crippen molar-refractivity contribution in [3.63, 3.8) is 0 Å². The number of ether oxygens (including phenoxy) is 4. The molecule has 1 amide bonds. The number of hydrogen-bond acceptors (Lipinski definition) is 13. The molecule has 12 rings (SSSR count). The lowest BCUT2D eigenvalue weighted by atomic mass is 9.50. The Labute approximate surface area is 583 Å². The number of nitrogens with zero attached hydrogens (tertiary/aromatic N) is 6. The lowest BCUT2D eigenvalue weighted by molar-refractivity contribution is -0.122. The average Bonchev–Trinajstić information content (AvgIpc) is 1.52. The number of unbranched alkanes of at least 4 members (excludes halogenated alkanes) is 2. The molecule has 15 nitrogen and oxygen atoms in total. The Morgan fingerprint density at radius 1 is 0.580 bits per heavy atom. The molecule has 0 saturated heterocycles. The molecule has 4 heterocycles. The van der Waals surface area contributed by atoms with Crippen LogP contribution in [0.2, 0.25) is 0 Å². The van der Waals surface area contributed by atoms with Crippen LogP contribution in [0.1, 0.15) is 48.5 Å². The third kappa shape index (κ3) is 15.1. The predicted molar refractivity (Wildman–Crippen MR) is 389 cm³/mol. The summed E-state index contributed by atoms with van der Waals surface area (Å²) in [7, 11) is -1.71. The summed E-state index contributed by atoms with van der Waals surface area (Å²) in [6, 6.07) is 69.0. The maximum Gasteiger partial charge on any atom is 0.337 e. The molecule has 0 bridgehead atoms. The fraction of sp³-hybridized carbons (Fsp3) is 0.184. The van der Waals surface area contributed by atoms with Gasteiger partial charge in [-0.05, 0) is 110 Å². The maximum absolute atomic E-state index is 13.1. The Hall–Kier alpha value is -10.8. The number of nitriles is 1. The van der Waals surface area contributed by atoms with E-state index in [1.165, 1.54) is 22.7 Å². The van der Waals surface area contributed by atoms with Gasteiger partial charge in [-0.2, -0.15) is 14.0 Å². The van der Waals surface area contributed by atoms with Crippen molar-refractivity contribution in [3.05, 3.63) is 238 Å². The van der Waals surface area contributed by atoms with E-state index in [0.29, 0.717) is 107 Å². The minimum absolute atomic E-state index is 0.0478. The summed E-state index contributed by atoms with van der Waals surface area (Å²) in [5.41, 5.74) is 7.46. The van der Waals surface area contributed by atoms with Crippen molar-refractivity contribution < 1.29 is 54.5 Å². The number of hydrogen-bond donors (Lipinski definition) is 1. The summed E-state index contributed by atoms with van der Waals surface area (Å²) in [6.45, 7) is 7.87. The van der Waals surface area contributed by atoms with Crippen molar-refractivity contribution in [3.8, 4) is 51.6 Å². The molecular formula is C76H63B2F4N7O8S3. The summed E-state index contributed by atoms with van der Waals surface area (Å²) in [5.74, 6) is -4.11. The van der Waals surface area contributed by atoms with Gasteiger partial charge in [0.05, 0.1) is 66.3 Å². The largest absolute Gasteiger partial charge is 0.497 e. The number of carbonyl (C=O) groups is 2. The molecular weight excluding hydrogens is 1330 g/mol. The molecule has 0 fully saturated rings. The highest BCUT2D eigenvalue weighted by Gasteiger charge is 2.38. The van der Waals surface area contributed by atoms with E-state index in [1.807, 2.05) is 182 Å². The van der Waals surface area contributed by atoms with E-state index in [9.17, 15) is 47.4 Å². The first-order valence-corrected chi connectivity index (χ1v) is 35.5. The van der Waals surface area contributed by atoms with E-state index in [4.69, 9.17) is 28.9 Å². The minimum atomic E-state index is -4.87. The molecule has 8 aromatic carbocycles. The highest BCUT2D eigenvalue weighted by molar-refractivity contribution is 7.92. The van der Waals surface area contributed by atoms with Crippen molar-refractivity contribution in [2.75, 3.05) is 39.7 Å². The van der Waals surface area contributed by atoms with Gasteiger partial charge in [-0.25, -0.2) is 32.0 Å². The third-order valence-electron chi connectivity index (χ3n) is 17.0. The number of alkyl halides is 4. The van der Waals surface area contributed by atoms with Gasteiger partial charge < -0.3 is 33.2 Å². The van der Waals surface area contributed by atoms with Crippen LogP contribution < -0.4 is 56.8 Å². The predicted octanol–water partition coefficient (Wildman–Crippen LogP) is 11.8. The fourth-order valence-corrected chi connectivity index (χ4v) is 15.0. The van der Waals surface area contributed by atoms with Crippen LogP contribution in [0.15, 0.2) is 206 Å². The first-order valence-electron chi connectivity index (χ1n) is 32.1. The van der Waals surface area contributed by atoms with Crippen LogP contribution in [0.25, 0.3) is 69.8 Å². The van der Waals surface area contributed by atoms with Gasteiger partial charge in [-0.3, -0.25) is 9.59 Å². The second-order valence-corrected chi connectivity index (χ2v) is 27.5. The fourth-order valence-electron chi connectivity index (χ4n) is 12.4. The number of aromatic nitrogens is 4. The number of thiazole rings is 2. The Kier molecular flexibility index (Phi) is 21.7. The zero-order valence-corrected chi connectivity index (χ0v) is 56.6. The molecule has 0 aliphatic carbocycles. The second-order valence-electron chi connectivity index (χ2n) is 23.4. The molecule has 1 N–H and O–H groups in total. The molecule has 0 aliphatic heterocycles. The smallest absolute Gasteiger partial charge is 0.337 e. The zero-order chi connectivity index (χ0) is 69.9. The molecule has 0 saturated carbocycles. The lowest BCUT2D eigenvalue weighted by Gasteiger charge is -2.24. The van der Waals surface area contributed by atoms with Gasteiger partial charge in [0.25, 0.3) is 6.43 Å². The average molecular weight is 1400 g/mol. The van der Waals surface area contributed by atoms with E-state index in [1.54, 1.807) is 14.2 Å². The van der Waals surface area contributed by atoms with E-state index < -0.39 is 59.7 Å². The van der Waals surface area contributed by atoms with Crippen LogP contribution >= 0.6 is 22.7 Å². The van der Waals surface area contributed by atoms with Crippen LogP contribution in [0.3, 0.4) is 0 Å². The van der Waals surface area contributed by atoms with E-state index in [0.717, 1.165) is 31.3 Å². The summed E-state index contributed by atoms with van der Waals surface area (Å²) >= 11 is 2.71. The minimum Gasteiger partial charge on any atom is -0.497 e. The number of fused-ring (bicyclic) bond motifs is 3. The molecule has 0 radical (unpaired) electrons. The number of rotatable bonds is 29. The highest BCUT2D eigenvalue weighted by Crippen LogP contribution is 2.40. The van der Waals surface area contributed by atoms with Crippen LogP contribution in [0, 0.1) is 17.9 Å². The van der Waals surface area contributed by atoms with E-state index in [-0.39, 0.29) is 43.7 Å². The molecule has 0 unspecified atom stereocenters. The number of benzene rings is 8. The second kappa shape index (κ2) is 31.4. The van der Waals surface area contributed by atoms with Crippen molar-refractivity contribution in [2.45, 2.75) is 50.7 Å². The van der Waals surface area contributed by atoms with E-state index in [2.05, 4.69) is 49.5 Å². The van der Waals surface area contributed by atoms with Gasteiger partial charge in [0, 0.05) is 52.5 Å². The standard InChI is InChI=1S/C76H63B2F4N7O8S3/c1-84-69(75-87-62-45-59(95-3)39-41-64(62)99-75)73-68-67(70(89(73)78(53-24-12-6-13-25-53)54-26-14-7-15-27-54)49-30-34-56(35-31-49)96-42-18-16-28-55(90)48-100(92,93)76(81)82)72(60(46-83)74-86-61-44-58(94-2)38-40-63(61)98-74)88(77(51-20-8-4-9-21-51)52-22-10-5-11-23-52)71(68)50-32-36-57(37-33-50)97-43-19-17-29-66(91)85-47-65(79)80/h4-15,20-27,30-41,44-45,65,76H,16-19,28-29,42-43,47-48H2,2-3H3,(H,85,91)/b72-60-,73-69+. The molecule has 100 heavy (non-hydrogen) atoms. The Morgan fingerprint density at radius 3 is 1.43 bits per heavy atom. The van der Waals surface area contributed by atoms with Crippen LogP contribution in [-0.4, -0.2) is 105 Å². The maximum atomic E-state index is 13.1. The molecule has 24 heteroatoms. The first-order chi connectivity index (χ1) is 48.7. The topological polar surface area (TPSA) is 181 Å². The number of halogens is 4. The third-order valence-corrected chi connectivity index (χ3v) is 20.3. The molecule has 0 atom stereocenters. The number of ketones is 1. The normalized spacial score (nSPS) is 12.1. The lowest BCUT2D eigenvalue weighted by Crippen LogP contribution is -2.54. The summed E-state index contributed by atoms with van der Waals surface area (Å²) in [6.07, 6.45) is -1.51. The molecule has 0 aliphatic rings. The molecule has 4 aromatic heterocycles. The van der Waals surface area contributed by atoms with Crippen molar-refractivity contribution >= 4 is 122 Å². The van der Waals surface area contributed by atoms with Crippen LogP contribution in [-0.2, 0) is 19.4 Å². The number of carbonyl (C=O) groups excluding carboxylic acids is 2. The number of methoxy groups -OCH3 is 2. The van der Waals surface area contributed by atoms with Gasteiger partial charge >= 0.3 is 19.5 Å². The molecule has 0 spiro atoms.